The minimum Gasteiger partial charge on any atom is -0.353 e. The predicted octanol–water partition coefficient (Wildman–Crippen LogP) is 3.81. The number of fused-ring (bicyclic) bond motifs is 3. The molecular weight excluding hydrogens is 310 g/mol. The van der Waals surface area contributed by atoms with Crippen LogP contribution in [0.1, 0.15) is 5.56 Å². The van der Waals surface area contributed by atoms with Gasteiger partial charge in [0.2, 0.25) is 5.95 Å². The average Bonchev–Trinajstić information content (AvgIpc) is 2.92. The Morgan fingerprint density at radius 3 is 2.87 bits per heavy atom. The first-order valence-electron chi connectivity index (χ1n) is 7.39. The van der Waals surface area contributed by atoms with Crippen LogP contribution in [-0.4, -0.2) is 26.7 Å². The SMILES string of the molecule is Clc1cccc(CCNc2nnc3c(n2)[nH]c2ccccc23)c1. The fourth-order valence-corrected chi connectivity index (χ4v) is 2.82. The van der Waals surface area contributed by atoms with Crippen molar-refractivity contribution in [3.8, 4) is 0 Å². The third-order valence-corrected chi connectivity index (χ3v) is 3.94. The van der Waals surface area contributed by atoms with Gasteiger partial charge >= 0.3 is 0 Å². The fourth-order valence-electron chi connectivity index (χ4n) is 2.61. The Morgan fingerprint density at radius 1 is 1.04 bits per heavy atom. The van der Waals surface area contributed by atoms with E-state index in [1.165, 1.54) is 5.56 Å². The molecule has 23 heavy (non-hydrogen) atoms. The summed E-state index contributed by atoms with van der Waals surface area (Å²) >= 11 is 5.99. The van der Waals surface area contributed by atoms with E-state index in [4.69, 9.17) is 11.6 Å². The van der Waals surface area contributed by atoms with Gasteiger partial charge in [0.25, 0.3) is 0 Å². The van der Waals surface area contributed by atoms with Crippen LogP contribution in [-0.2, 0) is 6.42 Å². The highest BCUT2D eigenvalue weighted by Gasteiger charge is 2.08. The number of aromatic amines is 1. The second-order valence-electron chi connectivity index (χ2n) is 5.31. The van der Waals surface area contributed by atoms with E-state index in [2.05, 4.69) is 25.5 Å². The van der Waals surface area contributed by atoms with Crippen molar-refractivity contribution in [2.75, 3.05) is 11.9 Å². The summed E-state index contributed by atoms with van der Waals surface area (Å²) in [6.07, 6.45) is 0.842. The Hall–Kier alpha value is -2.66. The summed E-state index contributed by atoms with van der Waals surface area (Å²) < 4.78 is 0. The van der Waals surface area contributed by atoms with Crippen molar-refractivity contribution in [2.45, 2.75) is 6.42 Å². The molecule has 0 bridgehead atoms. The molecule has 5 nitrogen and oxygen atoms in total. The first-order valence-corrected chi connectivity index (χ1v) is 7.77. The number of hydrogen-bond donors (Lipinski definition) is 2. The van der Waals surface area contributed by atoms with Crippen molar-refractivity contribution in [2.24, 2.45) is 0 Å². The van der Waals surface area contributed by atoms with Gasteiger partial charge in [-0.3, -0.25) is 0 Å². The Morgan fingerprint density at radius 2 is 1.96 bits per heavy atom. The number of anilines is 1. The quantitative estimate of drug-likeness (QED) is 0.599. The number of nitrogens with one attached hydrogen (secondary N) is 2. The zero-order chi connectivity index (χ0) is 15.6. The van der Waals surface area contributed by atoms with E-state index in [0.717, 1.165) is 33.5 Å². The summed E-state index contributed by atoms with van der Waals surface area (Å²) in [5.74, 6) is 0.520. The minimum absolute atomic E-state index is 0.520. The summed E-state index contributed by atoms with van der Waals surface area (Å²) in [6, 6.07) is 15.8. The summed E-state index contributed by atoms with van der Waals surface area (Å²) in [5.41, 5.74) is 3.72. The molecule has 0 atom stereocenters. The second kappa shape index (κ2) is 5.85. The van der Waals surface area contributed by atoms with Crippen LogP contribution in [0.2, 0.25) is 5.02 Å². The molecule has 2 aromatic carbocycles. The number of aromatic nitrogens is 4. The molecule has 2 N–H and O–H groups in total. The summed E-state index contributed by atoms with van der Waals surface area (Å²) in [6.45, 7) is 0.716. The molecule has 2 aromatic heterocycles. The number of halogens is 1. The summed E-state index contributed by atoms with van der Waals surface area (Å²) in [5, 5.41) is 13.4. The first kappa shape index (κ1) is 14.0. The molecule has 0 aliphatic carbocycles. The van der Waals surface area contributed by atoms with Gasteiger partial charge in [-0.2, -0.15) is 4.98 Å². The van der Waals surface area contributed by atoms with Crippen molar-refractivity contribution >= 4 is 39.6 Å². The molecule has 4 rings (SSSR count). The molecule has 0 aliphatic rings. The van der Waals surface area contributed by atoms with E-state index in [1.54, 1.807) is 0 Å². The van der Waals surface area contributed by atoms with Crippen LogP contribution in [0.4, 0.5) is 5.95 Å². The van der Waals surface area contributed by atoms with Gasteiger partial charge in [0.1, 0.15) is 5.52 Å². The van der Waals surface area contributed by atoms with Crippen molar-refractivity contribution in [1.82, 2.24) is 20.2 Å². The van der Waals surface area contributed by atoms with Crippen molar-refractivity contribution in [3.05, 3.63) is 59.1 Å². The molecule has 4 aromatic rings. The van der Waals surface area contributed by atoms with Gasteiger partial charge in [0, 0.05) is 22.5 Å². The van der Waals surface area contributed by atoms with E-state index in [1.807, 2.05) is 48.5 Å². The topological polar surface area (TPSA) is 66.5 Å². The van der Waals surface area contributed by atoms with Gasteiger partial charge in [-0.05, 0) is 30.2 Å². The van der Waals surface area contributed by atoms with Gasteiger partial charge in [0.15, 0.2) is 5.65 Å². The second-order valence-corrected chi connectivity index (χ2v) is 5.75. The Balaban J connectivity index is 1.52. The van der Waals surface area contributed by atoms with Crippen LogP contribution < -0.4 is 5.32 Å². The molecule has 0 aliphatic heterocycles. The highest BCUT2D eigenvalue weighted by Crippen LogP contribution is 2.21. The van der Waals surface area contributed by atoms with Crippen LogP contribution in [0.25, 0.3) is 22.1 Å². The highest BCUT2D eigenvalue weighted by atomic mass is 35.5. The Kier molecular flexibility index (Phi) is 3.55. The summed E-state index contributed by atoms with van der Waals surface area (Å²) in [7, 11) is 0. The molecule has 6 heteroatoms. The van der Waals surface area contributed by atoms with Crippen LogP contribution in [0.5, 0.6) is 0 Å². The maximum atomic E-state index is 5.99. The molecular formula is C17H14ClN5. The normalized spacial score (nSPS) is 11.2. The monoisotopic (exact) mass is 323 g/mol. The van der Waals surface area contributed by atoms with Gasteiger partial charge < -0.3 is 10.3 Å². The van der Waals surface area contributed by atoms with Crippen molar-refractivity contribution in [3.63, 3.8) is 0 Å². The van der Waals surface area contributed by atoms with E-state index in [9.17, 15) is 0 Å². The molecule has 0 amide bonds. The van der Waals surface area contributed by atoms with Crippen molar-refractivity contribution < 1.29 is 0 Å². The van der Waals surface area contributed by atoms with E-state index < -0.39 is 0 Å². The molecule has 0 saturated heterocycles. The smallest absolute Gasteiger partial charge is 0.244 e. The van der Waals surface area contributed by atoms with Gasteiger partial charge in [0.05, 0.1) is 0 Å². The lowest BCUT2D eigenvalue weighted by Crippen LogP contribution is -2.08. The first-order chi connectivity index (χ1) is 11.3. The molecule has 114 valence electrons. The average molecular weight is 324 g/mol. The molecule has 0 spiro atoms. The number of para-hydroxylation sites is 1. The number of benzene rings is 2. The zero-order valence-electron chi connectivity index (χ0n) is 12.3. The van der Waals surface area contributed by atoms with Crippen LogP contribution in [0, 0.1) is 0 Å². The Bertz CT molecular complexity index is 979. The lowest BCUT2D eigenvalue weighted by molar-refractivity contribution is 0.951. The van der Waals surface area contributed by atoms with Gasteiger partial charge in [-0.25, -0.2) is 0 Å². The fraction of sp³-hybridized carbons (Fsp3) is 0.118. The van der Waals surface area contributed by atoms with Gasteiger partial charge in [-0.15, -0.1) is 10.2 Å². The predicted molar refractivity (Wildman–Crippen MR) is 92.8 cm³/mol. The zero-order valence-corrected chi connectivity index (χ0v) is 13.0. The molecule has 0 unspecified atom stereocenters. The maximum Gasteiger partial charge on any atom is 0.244 e. The number of H-pyrrole nitrogens is 1. The number of nitrogens with zero attached hydrogens (tertiary/aromatic N) is 3. The van der Waals surface area contributed by atoms with E-state index in [0.29, 0.717) is 12.5 Å². The standard InChI is InChI=1S/C17H14ClN5/c18-12-5-3-4-11(10-12)8-9-19-17-21-16-15(22-23-17)13-6-1-2-7-14(13)20-16/h1-7,10H,8-9H2,(H2,19,20,21,23). The van der Waals surface area contributed by atoms with Crippen LogP contribution in [0.15, 0.2) is 48.5 Å². The highest BCUT2D eigenvalue weighted by molar-refractivity contribution is 6.30. The van der Waals surface area contributed by atoms with Crippen LogP contribution in [0.3, 0.4) is 0 Å². The molecule has 0 saturated carbocycles. The Labute approximate surface area is 137 Å². The van der Waals surface area contributed by atoms with Crippen LogP contribution >= 0.6 is 11.6 Å². The lowest BCUT2D eigenvalue weighted by atomic mass is 10.1. The third kappa shape index (κ3) is 2.83. The largest absolute Gasteiger partial charge is 0.353 e. The maximum absolute atomic E-state index is 5.99. The summed E-state index contributed by atoms with van der Waals surface area (Å²) in [4.78, 5) is 7.76. The molecule has 0 fully saturated rings. The van der Waals surface area contributed by atoms with Gasteiger partial charge in [-0.1, -0.05) is 41.9 Å². The third-order valence-electron chi connectivity index (χ3n) is 3.71. The lowest BCUT2D eigenvalue weighted by Gasteiger charge is -2.04. The molecule has 2 heterocycles. The van der Waals surface area contributed by atoms with Crippen molar-refractivity contribution in [1.29, 1.82) is 0 Å². The van der Waals surface area contributed by atoms with E-state index >= 15 is 0 Å². The minimum atomic E-state index is 0.520. The number of rotatable bonds is 4. The number of hydrogen-bond acceptors (Lipinski definition) is 4. The molecule has 0 radical (unpaired) electrons. The van der Waals surface area contributed by atoms with E-state index in [-0.39, 0.29) is 0 Å².